The summed E-state index contributed by atoms with van der Waals surface area (Å²) in [5, 5.41) is -0.277. The van der Waals surface area contributed by atoms with Crippen LogP contribution >= 0.6 is 11.6 Å². The first-order valence-electron chi connectivity index (χ1n) is 6.19. The van der Waals surface area contributed by atoms with Crippen molar-refractivity contribution < 1.29 is 9.59 Å². The van der Waals surface area contributed by atoms with Crippen LogP contribution in [0.2, 0.25) is 0 Å². The Morgan fingerprint density at radius 1 is 1.06 bits per heavy atom. The summed E-state index contributed by atoms with van der Waals surface area (Å²) in [5.41, 5.74) is 0. The van der Waals surface area contributed by atoms with Crippen molar-refractivity contribution in [3.05, 3.63) is 12.2 Å². The van der Waals surface area contributed by atoms with Gasteiger partial charge in [-0.3, -0.25) is 4.79 Å². The van der Waals surface area contributed by atoms with E-state index in [4.69, 9.17) is 11.6 Å². The lowest BCUT2D eigenvalue weighted by molar-refractivity contribution is -0.116. The Balaban J connectivity index is 4.17. The van der Waals surface area contributed by atoms with Gasteiger partial charge in [0.05, 0.1) is 0 Å². The minimum Gasteiger partial charge on any atom is -0.303 e. The van der Waals surface area contributed by atoms with Crippen LogP contribution in [0.4, 0.5) is 0 Å². The molecule has 0 aromatic rings. The monoisotopic (exact) mass is 258 g/mol. The van der Waals surface area contributed by atoms with E-state index in [-0.39, 0.29) is 23.0 Å². The summed E-state index contributed by atoms with van der Waals surface area (Å²) in [6, 6.07) is 0. The van der Waals surface area contributed by atoms with Crippen molar-refractivity contribution in [2.75, 3.05) is 0 Å². The molecule has 0 spiro atoms. The van der Waals surface area contributed by atoms with Gasteiger partial charge in [-0.1, -0.05) is 39.8 Å². The number of halogens is 1. The number of carbonyl (C=O) groups is 2. The first-order valence-corrected chi connectivity index (χ1v) is 6.57. The molecule has 0 N–H and O–H groups in total. The number of carbonyl (C=O) groups excluding carboxylic acids is 2. The topological polar surface area (TPSA) is 34.1 Å². The van der Waals surface area contributed by atoms with E-state index in [2.05, 4.69) is 0 Å². The average molecular weight is 259 g/mol. The lowest BCUT2D eigenvalue weighted by Crippen LogP contribution is -2.14. The van der Waals surface area contributed by atoms with Gasteiger partial charge in [0.25, 0.3) is 0 Å². The minimum absolute atomic E-state index is 0.0652. The van der Waals surface area contributed by atoms with Gasteiger partial charge in [0.15, 0.2) is 0 Å². The molecule has 0 aromatic heterocycles. The molecule has 0 aliphatic carbocycles. The van der Waals surface area contributed by atoms with Crippen molar-refractivity contribution in [2.24, 2.45) is 23.7 Å². The third-order valence-corrected chi connectivity index (χ3v) is 3.37. The number of allylic oxidation sites excluding steroid dienone is 2. The number of aldehydes is 1. The van der Waals surface area contributed by atoms with E-state index < -0.39 is 0 Å². The molecule has 0 saturated heterocycles. The molecule has 0 aliphatic heterocycles. The normalized spacial score (nSPS) is 15.5. The molecular weight excluding hydrogens is 236 g/mol. The fourth-order valence-corrected chi connectivity index (χ4v) is 1.95. The quantitative estimate of drug-likeness (QED) is 0.377. The van der Waals surface area contributed by atoms with Gasteiger partial charge in [0.2, 0.25) is 5.24 Å². The Morgan fingerprint density at radius 2 is 1.59 bits per heavy atom. The molecule has 98 valence electrons. The first kappa shape index (κ1) is 16.4. The third kappa shape index (κ3) is 6.62. The Hall–Kier alpha value is -0.630. The summed E-state index contributed by atoms with van der Waals surface area (Å²) in [6.45, 7) is 8.04. The van der Waals surface area contributed by atoms with Gasteiger partial charge in [0.1, 0.15) is 6.29 Å². The summed E-state index contributed by atoms with van der Waals surface area (Å²) in [6.07, 6.45) is 6.34. The molecular formula is C14H23ClO2. The van der Waals surface area contributed by atoms with Crippen LogP contribution in [0.15, 0.2) is 12.2 Å². The zero-order valence-electron chi connectivity index (χ0n) is 11.2. The molecule has 2 atom stereocenters. The molecule has 0 aromatic carbocycles. The van der Waals surface area contributed by atoms with Crippen molar-refractivity contribution >= 4 is 23.1 Å². The molecule has 0 rings (SSSR count). The van der Waals surface area contributed by atoms with Crippen LogP contribution in [-0.4, -0.2) is 11.5 Å². The molecule has 0 fully saturated rings. The maximum Gasteiger partial charge on any atom is 0.225 e. The second-order valence-corrected chi connectivity index (χ2v) is 5.51. The zero-order chi connectivity index (χ0) is 13.4. The van der Waals surface area contributed by atoms with Gasteiger partial charge in [-0.15, -0.1) is 0 Å². The highest BCUT2D eigenvalue weighted by atomic mass is 35.5. The smallest absolute Gasteiger partial charge is 0.225 e. The molecule has 0 saturated carbocycles. The van der Waals surface area contributed by atoms with Crippen LogP contribution in [-0.2, 0) is 9.59 Å². The number of hydrogen-bond acceptors (Lipinski definition) is 2. The Bertz CT molecular complexity index is 269. The lowest BCUT2D eigenvalue weighted by atomic mass is 9.91. The van der Waals surface area contributed by atoms with Crippen molar-refractivity contribution in [1.29, 1.82) is 0 Å². The lowest BCUT2D eigenvalue weighted by Gasteiger charge is -2.14. The highest BCUT2D eigenvalue weighted by Gasteiger charge is 2.18. The summed E-state index contributed by atoms with van der Waals surface area (Å²) in [4.78, 5) is 21.9. The molecule has 0 aliphatic rings. The van der Waals surface area contributed by atoms with Crippen molar-refractivity contribution in [1.82, 2.24) is 0 Å². The van der Waals surface area contributed by atoms with E-state index in [0.717, 1.165) is 12.7 Å². The Kier molecular flexibility index (Phi) is 8.15. The average Bonchev–Trinajstić information content (AvgIpc) is 2.21. The highest BCUT2D eigenvalue weighted by Crippen LogP contribution is 2.20. The second kappa shape index (κ2) is 8.46. The molecule has 3 heteroatoms. The van der Waals surface area contributed by atoms with Gasteiger partial charge in [-0.2, -0.15) is 0 Å². The second-order valence-electron chi connectivity index (χ2n) is 5.14. The molecule has 17 heavy (non-hydrogen) atoms. The third-order valence-electron chi connectivity index (χ3n) is 3.09. The van der Waals surface area contributed by atoms with E-state index in [1.807, 2.05) is 39.8 Å². The van der Waals surface area contributed by atoms with Crippen LogP contribution in [0.1, 0.15) is 40.5 Å². The van der Waals surface area contributed by atoms with Crippen molar-refractivity contribution in [3.8, 4) is 0 Å². The van der Waals surface area contributed by atoms with E-state index in [1.54, 1.807) is 0 Å². The SMILES string of the molecule is CC(C)[C@H](C/C=C/C[C@H](C=O)C(C)C)C(=O)Cl. The molecule has 0 bridgehead atoms. The standard InChI is InChI=1S/C14H23ClO2/c1-10(2)12(9-16)7-5-6-8-13(11(3)4)14(15)17/h5-6,9-13H,7-8H2,1-4H3/b6-5+/t12-,13+/m1/s1. The molecule has 0 heterocycles. The molecule has 0 radical (unpaired) electrons. The molecule has 2 nitrogen and oxygen atoms in total. The van der Waals surface area contributed by atoms with Crippen molar-refractivity contribution in [2.45, 2.75) is 40.5 Å². The fourth-order valence-electron chi connectivity index (χ4n) is 1.61. The summed E-state index contributed by atoms with van der Waals surface area (Å²) < 4.78 is 0. The molecule has 0 unspecified atom stereocenters. The van der Waals surface area contributed by atoms with E-state index >= 15 is 0 Å². The summed E-state index contributed by atoms with van der Waals surface area (Å²) >= 11 is 5.53. The van der Waals surface area contributed by atoms with Gasteiger partial charge in [-0.05, 0) is 36.3 Å². The van der Waals surface area contributed by atoms with E-state index in [1.165, 1.54) is 0 Å². The Labute approximate surface area is 109 Å². The highest BCUT2D eigenvalue weighted by molar-refractivity contribution is 6.64. The summed E-state index contributed by atoms with van der Waals surface area (Å²) in [7, 11) is 0. The van der Waals surface area contributed by atoms with Crippen LogP contribution in [0, 0.1) is 23.7 Å². The van der Waals surface area contributed by atoms with Crippen LogP contribution in [0.5, 0.6) is 0 Å². The molecule has 0 amide bonds. The predicted octanol–water partition coefficient (Wildman–Crippen LogP) is 3.83. The largest absolute Gasteiger partial charge is 0.303 e. The predicted molar refractivity (Wildman–Crippen MR) is 72.0 cm³/mol. The number of rotatable bonds is 8. The van der Waals surface area contributed by atoms with Crippen LogP contribution in [0.25, 0.3) is 0 Å². The van der Waals surface area contributed by atoms with Crippen molar-refractivity contribution in [3.63, 3.8) is 0 Å². The van der Waals surface area contributed by atoms with Gasteiger partial charge in [-0.25, -0.2) is 0 Å². The fraction of sp³-hybridized carbons (Fsp3) is 0.714. The summed E-state index contributed by atoms with van der Waals surface area (Å²) in [5.74, 6) is 0.543. The van der Waals surface area contributed by atoms with E-state index in [9.17, 15) is 9.59 Å². The van der Waals surface area contributed by atoms with Gasteiger partial charge >= 0.3 is 0 Å². The maximum absolute atomic E-state index is 11.2. The maximum atomic E-state index is 11.2. The van der Waals surface area contributed by atoms with Crippen LogP contribution in [0.3, 0.4) is 0 Å². The van der Waals surface area contributed by atoms with Crippen LogP contribution < -0.4 is 0 Å². The first-order chi connectivity index (χ1) is 7.90. The van der Waals surface area contributed by atoms with Gasteiger partial charge in [0, 0.05) is 11.8 Å². The number of hydrogen-bond donors (Lipinski definition) is 0. The Morgan fingerprint density at radius 3 is 1.94 bits per heavy atom. The zero-order valence-corrected chi connectivity index (χ0v) is 11.9. The van der Waals surface area contributed by atoms with Gasteiger partial charge < -0.3 is 4.79 Å². The van der Waals surface area contributed by atoms with E-state index in [0.29, 0.717) is 12.3 Å². The minimum atomic E-state index is -0.277.